The molecule has 2 rings (SSSR count). The third-order valence-corrected chi connectivity index (χ3v) is 1.90. The maximum atomic E-state index is 10.4. The van der Waals surface area contributed by atoms with Crippen molar-refractivity contribution in [3.8, 4) is 5.69 Å². The first-order chi connectivity index (χ1) is 7.75. The molecule has 1 aromatic heterocycles. The molecule has 2 aromatic rings. The maximum Gasteiger partial charge on any atom is 0.328 e. The molecule has 0 radical (unpaired) electrons. The second-order valence-corrected chi connectivity index (χ2v) is 3.02. The zero-order chi connectivity index (χ0) is 11.4. The highest BCUT2D eigenvalue weighted by molar-refractivity contribution is 5.85. The predicted octanol–water partition coefficient (Wildman–Crippen LogP) is 0.760. The largest absolute Gasteiger partial charge is 0.478 e. The summed E-state index contributed by atoms with van der Waals surface area (Å²) in [6, 6.07) is 7.22. The predicted molar refractivity (Wildman–Crippen MR) is 55.8 cm³/mol. The average molecular weight is 216 g/mol. The van der Waals surface area contributed by atoms with Crippen LogP contribution in [-0.4, -0.2) is 31.3 Å². The quantitative estimate of drug-likeness (QED) is 0.766. The van der Waals surface area contributed by atoms with E-state index >= 15 is 0 Å². The molecule has 0 spiro atoms. The Kier molecular flexibility index (Phi) is 2.73. The van der Waals surface area contributed by atoms with Gasteiger partial charge in [-0.2, -0.15) is 0 Å². The number of aromatic nitrogens is 4. The summed E-state index contributed by atoms with van der Waals surface area (Å²) >= 11 is 0. The van der Waals surface area contributed by atoms with Gasteiger partial charge in [-0.15, -0.1) is 5.10 Å². The van der Waals surface area contributed by atoms with Crippen LogP contribution in [0.5, 0.6) is 0 Å². The number of carboxylic acids is 1. The molecule has 6 heteroatoms. The van der Waals surface area contributed by atoms with E-state index in [9.17, 15) is 4.79 Å². The number of hydrogen-bond acceptors (Lipinski definition) is 4. The van der Waals surface area contributed by atoms with Crippen molar-refractivity contribution in [3.63, 3.8) is 0 Å². The van der Waals surface area contributed by atoms with Crippen LogP contribution in [-0.2, 0) is 4.79 Å². The molecule has 0 aliphatic rings. The van der Waals surface area contributed by atoms with Gasteiger partial charge in [0.1, 0.15) is 6.33 Å². The zero-order valence-corrected chi connectivity index (χ0v) is 8.19. The van der Waals surface area contributed by atoms with E-state index in [1.165, 1.54) is 17.1 Å². The molecule has 0 unspecified atom stereocenters. The lowest BCUT2D eigenvalue weighted by Gasteiger charge is -1.99. The summed E-state index contributed by atoms with van der Waals surface area (Å²) in [6.45, 7) is 0. The lowest BCUT2D eigenvalue weighted by Crippen LogP contribution is -1.95. The van der Waals surface area contributed by atoms with Crippen LogP contribution in [0.25, 0.3) is 11.8 Å². The molecular weight excluding hydrogens is 208 g/mol. The van der Waals surface area contributed by atoms with E-state index < -0.39 is 5.97 Å². The van der Waals surface area contributed by atoms with E-state index in [0.29, 0.717) is 0 Å². The number of benzene rings is 1. The summed E-state index contributed by atoms with van der Waals surface area (Å²) in [5.41, 5.74) is 1.55. The van der Waals surface area contributed by atoms with E-state index in [4.69, 9.17) is 5.11 Å². The van der Waals surface area contributed by atoms with Crippen molar-refractivity contribution >= 4 is 12.0 Å². The molecule has 0 saturated carbocycles. The zero-order valence-electron chi connectivity index (χ0n) is 8.19. The topological polar surface area (TPSA) is 80.9 Å². The summed E-state index contributed by atoms with van der Waals surface area (Å²) in [6.07, 6.45) is 4.06. The van der Waals surface area contributed by atoms with E-state index in [1.54, 1.807) is 18.2 Å². The van der Waals surface area contributed by atoms with Gasteiger partial charge in [-0.1, -0.05) is 12.1 Å². The van der Waals surface area contributed by atoms with Crippen molar-refractivity contribution in [3.05, 3.63) is 42.2 Å². The Balaban J connectivity index is 2.30. The first kappa shape index (κ1) is 10.0. The Hall–Kier alpha value is -2.50. The summed E-state index contributed by atoms with van der Waals surface area (Å²) in [5.74, 6) is -0.979. The van der Waals surface area contributed by atoms with E-state index in [0.717, 1.165) is 17.3 Å². The molecule has 0 fully saturated rings. The van der Waals surface area contributed by atoms with Gasteiger partial charge in [0.2, 0.25) is 0 Å². The molecule has 1 N–H and O–H groups in total. The van der Waals surface area contributed by atoms with Crippen LogP contribution in [0.2, 0.25) is 0 Å². The monoisotopic (exact) mass is 216 g/mol. The minimum absolute atomic E-state index is 0.774. The van der Waals surface area contributed by atoms with E-state index in [2.05, 4.69) is 15.5 Å². The van der Waals surface area contributed by atoms with Crippen molar-refractivity contribution in [1.29, 1.82) is 0 Å². The molecule has 6 nitrogen and oxygen atoms in total. The standard InChI is InChI=1S/C10H8N4O2/c15-10(16)5-4-8-2-1-3-9(6-8)14-7-11-12-13-14/h1-7H,(H,15,16). The first-order valence-electron chi connectivity index (χ1n) is 4.50. The Morgan fingerprint density at radius 3 is 3.00 bits per heavy atom. The molecule has 16 heavy (non-hydrogen) atoms. The molecule has 0 amide bonds. The van der Waals surface area contributed by atoms with Crippen molar-refractivity contribution in [2.24, 2.45) is 0 Å². The second-order valence-electron chi connectivity index (χ2n) is 3.02. The van der Waals surface area contributed by atoms with Crippen LogP contribution in [0, 0.1) is 0 Å². The number of hydrogen-bond donors (Lipinski definition) is 1. The smallest absolute Gasteiger partial charge is 0.328 e. The van der Waals surface area contributed by atoms with Crippen LogP contribution < -0.4 is 0 Å². The van der Waals surface area contributed by atoms with Crippen LogP contribution in [0.3, 0.4) is 0 Å². The fourth-order valence-corrected chi connectivity index (χ4v) is 1.22. The highest BCUT2D eigenvalue weighted by Gasteiger charge is 1.97. The van der Waals surface area contributed by atoms with Gasteiger partial charge in [-0.05, 0) is 34.2 Å². The van der Waals surface area contributed by atoms with Crippen molar-refractivity contribution in [2.45, 2.75) is 0 Å². The minimum atomic E-state index is -0.979. The Labute approximate surface area is 90.8 Å². The average Bonchev–Trinajstić information content (AvgIpc) is 2.80. The maximum absolute atomic E-state index is 10.4. The molecule has 80 valence electrons. The first-order valence-corrected chi connectivity index (χ1v) is 4.50. The highest BCUT2D eigenvalue weighted by Crippen LogP contribution is 2.09. The van der Waals surface area contributed by atoms with Crippen LogP contribution >= 0.6 is 0 Å². The molecule has 0 aliphatic heterocycles. The van der Waals surface area contributed by atoms with Gasteiger partial charge in [0.05, 0.1) is 5.69 Å². The minimum Gasteiger partial charge on any atom is -0.478 e. The molecule has 0 saturated heterocycles. The van der Waals surface area contributed by atoms with Crippen molar-refractivity contribution in [1.82, 2.24) is 20.2 Å². The SMILES string of the molecule is O=C(O)C=Cc1cccc(-n2cnnn2)c1. The van der Waals surface area contributed by atoms with Crippen LogP contribution in [0.4, 0.5) is 0 Å². The second kappa shape index (κ2) is 4.35. The lowest BCUT2D eigenvalue weighted by atomic mass is 10.2. The van der Waals surface area contributed by atoms with Gasteiger partial charge in [0.15, 0.2) is 0 Å². The fourth-order valence-electron chi connectivity index (χ4n) is 1.22. The molecular formula is C10H8N4O2. The fraction of sp³-hybridized carbons (Fsp3) is 0. The van der Waals surface area contributed by atoms with Gasteiger partial charge < -0.3 is 5.11 Å². The van der Waals surface area contributed by atoms with Gasteiger partial charge in [0, 0.05) is 6.08 Å². The normalized spacial score (nSPS) is 10.8. The van der Waals surface area contributed by atoms with E-state index in [1.807, 2.05) is 6.07 Å². The summed E-state index contributed by atoms with van der Waals surface area (Å²) in [4.78, 5) is 10.4. The third kappa shape index (κ3) is 2.30. The molecule has 1 heterocycles. The summed E-state index contributed by atoms with van der Waals surface area (Å²) < 4.78 is 1.50. The molecule has 0 bridgehead atoms. The number of aliphatic carboxylic acids is 1. The van der Waals surface area contributed by atoms with Gasteiger partial charge in [0.25, 0.3) is 0 Å². The highest BCUT2D eigenvalue weighted by atomic mass is 16.4. The number of tetrazole rings is 1. The Morgan fingerprint density at radius 1 is 1.44 bits per heavy atom. The van der Waals surface area contributed by atoms with Crippen LogP contribution in [0.15, 0.2) is 36.7 Å². The molecule has 0 atom stereocenters. The van der Waals surface area contributed by atoms with Gasteiger partial charge >= 0.3 is 5.97 Å². The number of carbonyl (C=O) groups is 1. The van der Waals surface area contributed by atoms with Crippen molar-refractivity contribution in [2.75, 3.05) is 0 Å². The number of nitrogens with zero attached hydrogens (tertiary/aromatic N) is 4. The summed E-state index contributed by atoms with van der Waals surface area (Å²) in [7, 11) is 0. The number of rotatable bonds is 3. The Morgan fingerprint density at radius 2 is 2.31 bits per heavy atom. The number of carboxylic acid groups (broad SMARTS) is 1. The lowest BCUT2D eigenvalue weighted by molar-refractivity contribution is -0.131. The van der Waals surface area contributed by atoms with Crippen LogP contribution in [0.1, 0.15) is 5.56 Å². The molecule has 1 aromatic carbocycles. The Bertz CT molecular complexity index is 519. The van der Waals surface area contributed by atoms with E-state index in [-0.39, 0.29) is 0 Å². The van der Waals surface area contributed by atoms with Gasteiger partial charge in [-0.25, -0.2) is 9.48 Å². The van der Waals surface area contributed by atoms with Gasteiger partial charge in [-0.3, -0.25) is 0 Å². The third-order valence-electron chi connectivity index (χ3n) is 1.90. The van der Waals surface area contributed by atoms with Crippen molar-refractivity contribution < 1.29 is 9.90 Å². The molecule has 0 aliphatic carbocycles. The summed E-state index contributed by atoms with van der Waals surface area (Å²) in [5, 5.41) is 19.3.